The lowest BCUT2D eigenvalue weighted by Crippen LogP contribution is -1.92. The van der Waals surface area contributed by atoms with E-state index in [4.69, 9.17) is 14.3 Å². The van der Waals surface area contributed by atoms with E-state index in [-0.39, 0.29) is 6.79 Å². The van der Waals surface area contributed by atoms with Crippen LogP contribution in [0, 0.1) is 0 Å². The summed E-state index contributed by atoms with van der Waals surface area (Å²) < 4.78 is 10.5. The highest BCUT2D eigenvalue weighted by Crippen LogP contribution is 2.31. The molecule has 1 aliphatic heterocycles. The Morgan fingerprint density at radius 1 is 1.00 bits per heavy atom. The molecule has 0 atom stereocenters. The zero-order valence-corrected chi connectivity index (χ0v) is 9.58. The van der Waals surface area contributed by atoms with Gasteiger partial charge in [-0.1, -0.05) is 23.4 Å². The molecule has 4 heteroatoms. The molecule has 0 saturated heterocycles. The van der Waals surface area contributed by atoms with Gasteiger partial charge in [-0.05, 0) is 30.3 Å². The van der Waals surface area contributed by atoms with Gasteiger partial charge in [-0.2, -0.15) is 0 Å². The quantitative estimate of drug-likeness (QED) is 0.612. The third-order valence-corrected chi connectivity index (χ3v) is 2.50. The van der Waals surface area contributed by atoms with Crippen LogP contribution in [0.3, 0.4) is 0 Å². The predicted octanol–water partition coefficient (Wildman–Crippen LogP) is 2.83. The van der Waals surface area contributed by atoms with Crippen molar-refractivity contribution >= 4 is 6.21 Å². The van der Waals surface area contributed by atoms with Gasteiger partial charge < -0.3 is 14.3 Å². The monoisotopic (exact) mass is 241 g/mol. The first kappa shape index (κ1) is 10.7. The molecule has 0 aromatic heterocycles. The van der Waals surface area contributed by atoms with Gasteiger partial charge in [0.15, 0.2) is 17.2 Å². The number of oxime groups is 1. The zero-order valence-electron chi connectivity index (χ0n) is 9.58. The number of para-hydroxylation sites is 1. The summed E-state index contributed by atoms with van der Waals surface area (Å²) in [5, 5.41) is 3.92. The van der Waals surface area contributed by atoms with Gasteiger partial charge in [-0.3, -0.25) is 0 Å². The number of fused-ring (bicyclic) bond motifs is 1. The van der Waals surface area contributed by atoms with E-state index in [1.54, 1.807) is 6.21 Å². The van der Waals surface area contributed by atoms with Gasteiger partial charge >= 0.3 is 0 Å². The summed E-state index contributed by atoms with van der Waals surface area (Å²) in [7, 11) is 0. The Labute approximate surface area is 104 Å². The fraction of sp³-hybridized carbons (Fsp3) is 0.0714. The molecule has 0 saturated carbocycles. The average Bonchev–Trinajstić information content (AvgIpc) is 2.87. The van der Waals surface area contributed by atoms with Crippen molar-refractivity contribution in [2.24, 2.45) is 5.16 Å². The first-order chi connectivity index (χ1) is 8.92. The van der Waals surface area contributed by atoms with E-state index in [9.17, 15) is 0 Å². The number of ether oxygens (including phenoxy) is 2. The molecule has 0 radical (unpaired) electrons. The van der Waals surface area contributed by atoms with E-state index in [2.05, 4.69) is 5.16 Å². The maximum absolute atomic E-state index is 5.28. The fourth-order valence-corrected chi connectivity index (χ4v) is 1.62. The summed E-state index contributed by atoms with van der Waals surface area (Å²) in [5.74, 6) is 2.20. The van der Waals surface area contributed by atoms with Crippen LogP contribution >= 0.6 is 0 Å². The molecule has 1 aliphatic rings. The van der Waals surface area contributed by atoms with Crippen molar-refractivity contribution in [1.82, 2.24) is 0 Å². The molecule has 0 aliphatic carbocycles. The molecule has 0 bridgehead atoms. The lowest BCUT2D eigenvalue weighted by molar-refractivity contribution is 0.174. The first-order valence-electron chi connectivity index (χ1n) is 5.57. The number of nitrogens with zero attached hydrogens (tertiary/aromatic N) is 1. The standard InChI is InChI=1S/C14H11NO3/c1-2-4-12(5-3-1)18-15-9-11-6-7-13-14(8-11)17-10-16-13/h1-9H,10H2/b15-9-. The third-order valence-electron chi connectivity index (χ3n) is 2.50. The molecule has 2 aromatic carbocycles. The fourth-order valence-electron chi connectivity index (χ4n) is 1.62. The highest BCUT2D eigenvalue weighted by Gasteiger charge is 2.12. The Morgan fingerprint density at radius 2 is 1.83 bits per heavy atom. The highest BCUT2D eigenvalue weighted by molar-refractivity contribution is 5.80. The van der Waals surface area contributed by atoms with Crippen LogP contribution < -0.4 is 14.3 Å². The molecule has 2 aromatic rings. The van der Waals surface area contributed by atoms with Crippen molar-refractivity contribution in [1.29, 1.82) is 0 Å². The van der Waals surface area contributed by atoms with Crippen LogP contribution in [0.5, 0.6) is 17.2 Å². The minimum atomic E-state index is 0.274. The molecule has 0 spiro atoms. The smallest absolute Gasteiger partial charge is 0.231 e. The SMILES string of the molecule is C(=N/Oc1ccccc1)/c1ccc2c(c1)OCO2. The summed E-state index contributed by atoms with van der Waals surface area (Å²) in [5.41, 5.74) is 0.898. The lowest BCUT2D eigenvalue weighted by atomic mass is 10.2. The molecule has 3 rings (SSSR count). The van der Waals surface area contributed by atoms with E-state index in [0.29, 0.717) is 5.75 Å². The van der Waals surface area contributed by atoms with Gasteiger partial charge in [0.05, 0.1) is 6.21 Å². The van der Waals surface area contributed by atoms with Gasteiger partial charge in [-0.25, -0.2) is 0 Å². The third kappa shape index (κ3) is 2.27. The van der Waals surface area contributed by atoms with Crippen LogP contribution in [-0.4, -0.2) is 13.0 Å². The summed E-state index contributed by atoms with van der Waals surface area (Å²) in [6.45, 7) is 0.274. The minimum Gasteiger partial charge on any atom is -0.454 e. The highest BCUT2D eigenvalue weighted by atomic mass is 16.7. The minimum absolute atomic E-state index is 0.274. The molecule has 90 valence electrons. The largest absolute Gasteiger partial charge is 0.454 e. The molecule has 0 fully saturated rings. The second-order valence-electron chi connectivity index (χ2n) is 3.75. The van der Waals surface area contributed by atoms with Gasteiger partial charge in [0.2, 0.25) is 6.79 Å². The molecular weight excluding hydrogens is 230 g/mol. The van der Waals surface area contributed by atoms with E-state index in [1.165, 1.54) is 0 Å². The van der Waals surface area contributed by atoms with E-state index < -0.39 is 0 Å². The van der Waals surface area contributed by atoms with Crippen molar-refractivity contribution in [2.45, 2.75) is 0 Å². The van der Waals surface area contributed by atoms with Crippen molar-refractivity contribution in [2.75, 3.05) is 6.79 Å². The van der Waals surface area contributed by atoms with Crippen LogP contribution in [0.15, 0.2) is 53.7 Å². The predicted molar refractivity (Wildman–Crippen MR) is 67.2 cm³/mol. The Bertz CT molecular complexity index is 567. The zero-order chi connectivity index (χ0) is 12.2. The summed E-state index contributed by atoms with van der Waals surface area (Å²) in [6.07, 6.45) is 1.63. The van der Waals surface area contributed by atoms with Crippen LogP contribution in [0.25, 0.3) is 0 Å². The molecule has 4 nitrogen and oxygen atoms in total. The van der Waals surface area contributed by atoms with Gasteiger partial charge in [-0.15, -0.1) is 0 Å². The number of hydrogen-bond acceptors (Lipinski definition) is 4. The Hall–Kier alpha value is -2.49. The van der Waals surface area contributed by atoms with E-state index >= 15 is 0 Å². The Morgan fingerprint density at radius 3 is 2.72 bits per heavy atom. The summed E-state index contributed by atoms with van der Waals surface area (Å²) in [4.78, 5) is 5.23. The molecule has 0 N–H and O–H groups in total. The Kier molecular flexibility index (Phi) is 2.84. The van der Waals surface area contributed by atoms with Crippen LogP contribution in [0.1, 0.15) is 5.56 Å². The number of hydrogen-bond donors (Lipinski definition) is 0. The maximum Gasteiger partial charge on any atom is 0.231 e. The summed E-state index contributed by atoms with van der Waals surface area (Å²) >= 11 is 0. The molecule has 0 unspecified atom stereocenters. The molecule has 1 heterocycles. The van der Waals surface area contributed by atoms with Crippen molar-refractivity contribution in [3.63, 3.8) is 0 Å². The topological polar surface area (TPSA) is 40.0 Å². The van der Waals surface area contributed by atoms with E-state index in [0.717, 1.165) is 17.1 Å². The van der Waals surface area contributed by atoms with E-state index in [1.807, 2.05) is 48.5 Å². The second kappa shape index (κ2) is 4.79. The van der Waals surface area contributed by atoms with Crippen molar-refractivity contribution in [3.05, 3.63) is 54.1 Å². The maximum atomic E-state index is 5.28. The van der Waals surface area contributed by atoms with Crippen LogP contribution in [0.4, 0.5) is 0 Å². The lowest BCUT2D eigenvalue weighted by Gasteiger charge is -1.98. The Balaban J connectivity index is 1.69. The summed E-state index contributed by atoms with van der Waals surface area (Å²) in [6, 6.07) is 15.0. The normalized spacial score (nSPS) is 12.9. The van der Waals surface area contributed by atoms with Crippen molar-refractivity contribution < 1.29 is 14.3 Å². The number of rotatable bonds is 3. The number of benzene rings is 2. The first-order valence-corrected chi connectivity index (χ1v) is 5.57. The van der Waals surface area contributed by atoms with Crippen molar-refractivity contribution in [3.8, 4) is 17.2 Å². The van der Waals surface area contributed by atoms with Gasteiger partial charge in [0.1, 0.15) is 0 Å². The molecular formula is C14H11NO3. The van der Waals surface area contributed by atoms with Gasteiger partial charge in [0.25, 0.3) is 0 Å². The van der Waals surface area contributed by atoms with Gasteiger partial charge in [0, 0.05) is 5.56 Å². The van der Waals surface area contributed by atoms with Crippen LogP contribution in [-0.2, 0) is 0 Å². The molecule has 18 heavy (non-hydrogen) atoms. The molecule has 0 amide bonds. The average molecular weight is 241 g/mol. The second-order valence-corrected chi connectivity index (χ2v) is 3.75. The van der Waals surface area contributed by atoms with Crippen LogP contribution in [0.2, 0.25) is 0 Å².